The Labute approximate surface area is 144 Å². The highest BCUT2D eigenvalue weighted by atomic mass is 35.5. The van der Waals surface area contributed by atoms with E-state index < -0.39 is 10.0 Å². The molecule has 5 nitrogen and oxygen atoms in total. The third kappa shape index (κ3) is 3.65. The fourth-order valence-electron chi connectivity index (χ4n) is 3.71. The summed E-state index contributed by atoms with van der Waals surface area (Å²) in [5, 5.41) is 0. The van der Waals surface area contributed by atoms with Crippen LogP contribution in [0.15, 0.2) is 29.2 Å². The summed E-state index contributed by atoms with van der Waals surface area (Å²) in [5.41, 5.74) is 6.19. The maximum atomic E-state index is 12.9. The van der Waals surface area contributed by atoms with Crippen molar-refractivity contribution in [1.82, 2.24) is 4.31 Å². The lowest BCUT2D eigenvalue weighted by atomic mass is 9.78. The molecule has 3 rings (SSSR count). The Kier molecular flexibility index (Phi) is 5.94. The molecule has 0 radical (unpaired) electrons. The van der Waals surface area contributed by atoms with Gasteiger partial charge in [0.15, 0.2) is 0 Å². The minimum Gasteiger partial charge on any atom is -0.494 e. The van der Waals surface area contributed by atoms with Crippen LogP contribution in [0.25, 0.3) is 0 Å². The Morgan fingerprint density at radius 1 is 1.30 bits per heavy atom. The molecule has 2 fully saturated rings. The van der Waals surface area contributed by atoms with Crippen molar-refractivity contribution in [2.75, 3.05) is 19.7 Å². The van der Waals surface area contributed by atoms with Crippen molar-refractivity contribution >= 4 is 22.4 Å². The van der Waals surface area contributed by atoms with E-state index in [1.165, 1.54) is 0 Å². The highest BCUT2D eigenvalue weighted by molar-refractivity contribution is 7.89. The number of fused-ring (bicyclic) bond motifs is 1. The van der Waals surface area contributed by atoms with Crippen LogP contribution in [0.3, 0.4) is 0 Å². The van der Waals surface area contributed by atoms with Crippen molar-refractivity contribution in [3.05, 3.63) is 24.3 Å². The number of rotatable bonds is 4. The van der Waals surface area contributed by atoms with E-state index in [1.54, 1.807) is 28.6 Å². The number of halogens is 1. The molecule has 3 unspecified atom stereocenters. The summed E-state index contributed by atoms with van der Waals surface area (Å²) in [4.78, 5) is 0.311. The van der Waals surface area contributed by atoms with Gasteiger partial charge >= 0.3 is 0 Å². The highest BCUT2D eigenvalue weighted by Gasteiger charge is 2.43. The van der Waals surface area contributed by atoms with Gasteiger partial charge in [-0.1, -0.05) is 12.5 Å². The smallest absolute Gasteiger partial charge is 0.243 e. The van der Waals surface area contributed by atoms with E-state index >= 15 is 0 Å². The van der Waals surface area contributed by atoms with Crippen molar-refractivity contribution in [2.24, 2.45) is 17.6 Å². The summed E-state index contributed by atoms with van der Waals surface area (Å²) in [6, 6.07) is 6.89. The summed E-state index contributed by atoms with van der Waals surface area (Å²) in [5.74, 6) is 1.31. The first-order valence-corrected chi connectivity index (χ1v) is 9.45. The molecule has 0 aromatic heterocycles. The molecule has 1 saturated carbocycles. The number of sulfonamides is 1. The summed E-state index contributed by atoms with van der Waals surface area (Å²) in [7, 11) is -3.46. The number of nitrogens with two attached hydrogens (primary N) is 1. The summed E-state index contributed by atoms with van der Waals surface area (Å²) >= 11 is 0. The number of benzene rings is 1. The Balaban J connectivity index is 0.00000192. The summed E-state index contributed by atoms with van der Waals surface area (Å²) in [6.07, 6.45) is 3.20. The molecule has 0 bridgehead atoms. The van der Waals surface area contributed by atoms with Gasteiger partial charge in [-0.05, 0) is 43.7 Å². The van der Waals surface area contributed by atoms with Crippen LogP contribution in [0.2, 0.25) is 0 Å². The van der Waals surface area contributed by atoms with E-state index in [0.717, 1.165) is 19.3 Å². The first-order valence-electron chi connectivity index (χ1n) is 8.01. The zero-order valence-corrected chi connectivity index (χ0v) is 15.0. The molecule has 1 aliphatic carbocycles. The number of hydrogen-bond acceptors (Lipinski definition) is 4. The van der Waals surface area contributed by atoms with Gasteiger partial charge in [-0.2, -0.15) is 4.31 Å². The molecule has 2 N–H and O–H groups in total. The molecule has 1 heterocycles. The van der Waals surface area contributed by atoms with Crippen molar-refractivity contribution < 1.29 is 13.2 Å². The van der Waals surface area contributed by atoms with E-state index in [0.29, 0.717) is 42.2 Å². The van der Waals surface area contributed by atoms with E-state index in [4.69, 9.17) is 10.5 Å². The van der Waals surface area contributed by atoms with Gasteiger partial charge in [0.1, 0.15) is 5.75 Å². The Bertz CT molecular complexity index is 638. The molecule has 7 heteroatoms. The molecule has 0 amide bonds. The topological polar surface area (TPSA) is 72.6 Å². The van der Waals surface area contributed by atoms with Gasteiger partial charge < -0.3 is 10.5 Å². The first kappa shape index (κ1) is 18.5. The molecule has 130 valence electrons. The molecule has 1 aromatic carbocycles. The zero-order valence-electron chi connectivity index (χ0n) is 13.3. The predicted molar refractivity (Wildman–Crippen MR) is 92.4 cm³/mol. The van der Waals surface area contributed by atoms with Gasteiger partial charge in [-0.15, -0.1) is 12.4 Å². The fourth-order valence-corrected chi connectivity index (χ4v) is 5.28. The van der Waals surface area contributed by atoms with Crippen LogP contribution in [-0.2, 0) is 10.0 Å². The standard InChI is InChI=1S/C16H24N2O3S.ClH/c1-2-21-13-6-4-7-14(9-13)22(19,20)18-10-12-5-3-8-16(17)15(12)11-18;/h4,6-7,9,12,15-16H,2-3,5,8,10-11,17H2,1H3;1H. The number of ether oxygens (including phenoxy) is 1. The largest absolute Gasteiger partial charge is 0.494 e. The molecule has 3 atom stereocenters. The molecular formula is C16H25ClN2O3S. The monoisotopic (exact) mass is 360 g/mol. The second kappa shape index (κ2) is 7.38. The predicted octanol–water partition coefficient (Wildman–Crippen LogP) is 2.26. The van der Waals surface area contributed by atoms with Crippen LogP contribution in [-0.4, -0.2) is 38.5 Å². The van der Waals surface area contributed by atoms with Crippen LogP contribution in [0.5, 0.6) is 5.75 Å². The van der Waals surface area contributed by atoms with E-state index in [1.807, 2.05) is 6.92 Å². The minimum atomic E-state index is -3.46. The van der Waals surface area contributed by atoms with Crippen molar-refractivity contribution in [1.29, 1.82) is 0 Å². The quantitative estimate of drug-likeness (QED) is 0.893. The van der Waals surface area contributed by atoms with Crippen molar-refractivity contribution in [3.63, 3.8) is 0 Å². The molecular weight excluding hydrogens is 336 g/mol. The average Bonchev–Trinajstić information content (AvgIpc) is 2.94. The first-order chi connectivity index (χ1) is 10.5. The number of hydrogen-bond donors (Lipinski definition) is 1. The van der Waals surface area contributed by atoms with Crippen LogP contribution < -0.4 is 10.5 Å². The van der Waals surface area contributed by atoms with E-state index in [9.17, 15) is 8.42 Å². The Hall–Kier alpha value is -0.820. The minimum absolute atomic E-state index is 0. The van der Waals surface area contributed by atoms with Gasteiger partial charge in [0.25, 0.3) is 0 Å². The van der Waals surface area contributed by atoms with Gasteiger partial charge in [0, 0.05) is 25.2 Å². The van der Waals surface area contributed by atoms with Gasteiger partial charge in [-0.25, -0.2) is 8.42 Å². The molecule has 2 aliphatic rings. The fraction of sp³-hybridized carbons (Fsp3) is 0.625. The van der Waals surface area contributed by atoms with Gasteiger partial charge in [0.2, 0.25) is 10.0 Å². The SMILES string of the molecule is CCOc1cccc(S(=O)(=O)N2CC3CCCC(N)C3C2)c1.Cl. The van der Waals surface area contributed by atoms with Crippen LogP contribution in [0, 0.1) is 11.8 Å². The van der Waals surface area contributed by atoms with Gasteiger partial charge in [-0.3, -0.25) is 0 Å². The van der Waals surface area contributed by atoms with E-state index in [-0.39, 0.29) is 18.4 Å². The molecule has 1 aromatic rings. The third-order valence-electron chi connectivity index (χ3n) is 4.87. The lowest BCUT2D eigenvalue weighted by Gasteiger charge is -2.29. The Morgan fingerprint density at radius 2 is 2.09 bits per heavy atom. The molecule has 0 spiro atoms. The maximum Gasteiger partial charge on any atom is 0.243 e. The van der Waals surface area contributed by atoms with Crippen LogP contribution in [0.1, 0.15) is 26.2 Å². The second-order valence-corrected chi connectivity index (χ2v) is 8.19. The molecule has 23 heavy (non-hydrogen) atoms. The zero-order chi connectivity index (χ0) is 15.7. The van der Waals surface area contributed by atoms with Crippen molar-refractivity contribution in [3.8, 4) is 5.75 Å². The molecule has 1 saturated heterocycles. The second-order valence-electron chi connectivity index (χ2n) is 6.25. The van der Waals surface area contributed by atoms with Gasteiger partial charge in [0.05, 0.1) is 11.5 Å². The molecule has 1 aliphatic heterocycles. The Morgan fingerprint density at radius 3 is 2.78 bits per heavy atom. The lowest BCUT2D eigenvalue weighted by molar-refractivity contribution is 0.260. The van der Waals surface area contributed by atoms with E-state index in [2.05, 4.69) is 0 Å². The normalized spacial score (nSPS) is 28.0. The van der Waals surface area contributed by atoms with Crippen LogP contribution in [0.4, 0.5) is 0 Å². The highest BCUT2D eigenvalue weighted by Crippen LogP contribution is 2.38. The maximum absolute atomic E-state index is 12.9. The average molecular weight is 361 g/mol. The lowest BCUT2D eigenvalue weighted by Crippen LogP contribution is -2.38. The van der Waals surface area contributed by atoms with Crippen molar-refractivity contribution in [2.45, 2.75) is 37.1 Å². The van der Waals surface area contributed by atoms with Crippen LogP contribution >= 0.6 is 12.4 Å². The summed E-state index contributed by atoms with van der Waals surface area (Å²) in [6.45, 7) is 3.55. The third-order valence-corrected chi connectivity index (χ3v) is 6.70. The number of nitrogens with zero attached hydrogens (tertiary/aromatic N) is 1. The summed E-state index contributed by atoms with van der Waals surface area (Å²) < 4.78 is 32.8.